The van der Waals surface area contributed by atoms with Crippen LogP contribution in [0.4, 0.5) is 0 Å². The maximum atomic E-state index is 11.8. The van der Waals surface area contributed by atoms with Crippen LogP contribution in [0.3, 0.4) is 0 Å². The quantitative estimate of drug-likeness (QED) is 0.398. The summed E-state index contributed by atoms with van der Waals surface area (Å²) in [5.41, 5.74) is 1.06. The molecule has 1 aliphatic heterocycles. The summed E-state index contributed by atoms with van der Waals surface area (Å²) in [7, 11) is 0. The molecule has 8 heteroatoms. The Kier molecular flexibility index (Phi) is 8.96. The van der Waals surface area contributed by atoms with Crippen molar-refractivity contribution >= 4 is 47.2 Å². The molecule has 1 fully saturated rings. The van der Waals surface area contributed by atoms with Crippen LogP contribution in [-0.4, -0.2) is 47.4 Å². The molecule has 0 spiro atoms. The summed E-state index contributed by atoms with van der Waals surface area (Å²) in [5.74, 6) is 1.04. The first-order chi connectivity index (χ1) is 11.0. The lowest BCUT2D eigenvalue weighted by atomic mass is 10.3. The van der Waals surface area contributed by atoms with Gasteiger partial charge < -0.3 is 15.5 Å². The second-order valence-corrected chi connectivity index (χ2v) is 7.05. The summed E-state index contributed by atoms with van der Waals surface area (Å²) in [4.78, 5) is 24.0. The molecule has 0 bridgehead atoms. The number of nitrogens with zero attached hydrogens (tertiary/aromatic N) is 3. The molecule has 1 aromatic rings. The van der Waals surface area contributed by atoms with Crippen molar-refractivity contribution in [3.8, 4) is 0 Å². The summed E-state index contributed by atoms with van der Waals surface area (Å²) in [5, 5.41) is 7.81. The molecule has 2 heterocycles. The SMILES string of the molecule is CCNC(=NCc1sc(C)nc1C)NC1CCN(C(=O)CC)C1.I. The van der Waals surface area contributed by atoms with E-state index in [2.05, 4.69) is 27.5 Å². The van der Waals surface area contributed by atoms with Gasteiger partial charge in [0.25, 0.3) is 0 Å². The van der Waals surface area contributed by atoms with E-state index in [1.165, 1.54) is 4.88 Å². The van der Waals surface area contributed by atoms with Crippen LogP contribution in [0.1, 0.15) is 42.3 Å². The average molecular weight is 465 g/mol. The van der Waals surface area contributed by atoms with E-state index in [0.29, 0.717) is 13.0 Å². The summed E-state index contributed by atoms with van der Waals surface area (Å²) in [6.45, 7) is 11.1. The van der Waals surface area contributed by atoms with Gasteiger partial charge in [-0.1, -0.05) is 6.92 Å². The highest BCUT2D eigenvalue weighted by Crippen LogP contribution is 2.18. The molecule has 2 rings (SSSR count). The van der Waals surface area contributed by atoms with Crippen molar-refractivity contribution in [1.29, 1.82) is 0 Å². The molecule has 1 amide bonds. The number of aliphatic imine (C=N–C) groups is 1. The van der Waals surface area contributed by atoms with Crippen molar-refractivity contribution in [2.45, 2.75) is 53.1 Å². The maximum absolute atomic E-state index is 11.8. The zero-order valence-corrected chi connectivity index (χ0v) is 18.0. The van der Waals surface area contributed by atoms with Gasteiger partial charge in [-0.05, 0) is 27.2 Å². The number of aromatic nitrogens is 1. The predicted molar refractivity (Wildman–Crippen MR) is 110 cm³/mol. The lowest BCUT2D eigenvalue weighted by molar-refractivity contribution is -0.129. The smallest absolute Gasteiger partial charge is 0.222 e. The summed E-state index contributed by atoms with van der Waals surface area (Å²) in [6.07, 6.45) is 1.54. The summed E-state index contributed by atoms with van der Waals surface area (Å²) >= 11 is 1.70. The van der Waals surface area contributed by atoms with Crippen LogP contribution in [0, 0.1) is 13.8 Å². The number of carbonyl (C=O) groups is 1. The summed E-state index contributed by atoms with van der Waals surface area (Å²) < 4.78 is 0. The van der Waals surface area contributed by atoms with Crippen LogP contribution >= 0.6 is 35.3 Å². The van der Waals surface area contributed by atoms with E-state index in [0.717, 1.165) is 42.7 Å². The second-order valence-electron chi connectivity index (χ2n) is 5.76. The van der Waals surface area contributed by atoms with Gasteiger partial charge in [0.1, 0.15) is 0 Å². The van der Waals surface area contributed by atoms with Gasteiger partial charge in [0.2, 0.25) is 5.91 Å². The van der Waals surface area contributed by atoms with Gasteiger partial charge in [0.05, 0.1) is 17.2 Å². The van der Waals surface area contributed by atoms with Crippen molar-refractivity contribution in [1.82, 2.24) is 20.5 Å². The largest absolute Gasteiger partial charge is 0.357 e. The number of aryl methyl sites for hydroxylation is 2. The molecule has 0 saturated carbocycles. The molecule has 0 aromatic carbocycles. The number of halogens is 1. The molecule has 2 N–H and O–H groups in total. The monoisotopic (exact) mass is 465 g/mol. The fraction of sp³-hybridized carbons (Fsp3) is 0.688. The van der Waals surface area contributed by atoms with Gasteiger partial charge >= 0.3 is 0 Å². The zero-order chi connectivity index (χ0) is 16.8. The third-order valence-electron chi connectivity index (χ3n) is 3.91. The van der Waals surface area contributed by atoms with Crippen molar-refractivity contribution in [2.75, 3.05) is 19.6 Å². The van der Waals surface area contributed by atoms with Gasteiger partial charge in [-0.25, -0.2) is 9.98 Å². The molecule has 1 aliphatic rings. The van der Waals surface area contributed by atoms with Crippen LogP contribution in [0.25, 0.3) is 0 Å². The molecule has 6 nitrogen and oxygen atoms in total. The number of nitrogens with one attached hydrogen (secondary N) is 2. The fourth-order valence-corrected chi connectivity index (χ4v) is 3.57. The third-order valence-corrected chi connectivity index (χ3v) is 4.97. The van der Waals surface area contributed by atoms with Crippen molar-refractivity contribution in [3.63, 3.8) is 0 Å². The molecule has 1 atom stereocenters. The number of thiazole rings is 1. The highest BCUT2D eigenvalue weighted by molar-refractivity contribution is 14.0. The lowest BCUT2D eigenvalue weighted by Crippen LogP contribution is -2.45. The molecule has 1 aromatic heterocycles. The topological polar surface area (TPSA) is 69.6 Å². The van der Waals surface area contributed by atoms with Crippen LogP contribution in [0.15, 0.2) is 4.99 Å². The van der Waals surface area contributed by atoms with Gasteiger partial charge in [-0.15, -0.1) is 35.3 Å². The molecule has 0 radical (unpaired) electrons. The molecule has 1 unspecified atom stereocenters. The van der Waals surface area contributed by atoms with E-state index in [1.54, 1.807) is 11.3 Å². The number of likely N-dealkylation sites (tertiary alicyclic amines) is 1. The van der Waals surface area contributed by atoms with E-state index in [1.807, 2.05) is 25.7 Å². The van der Waals surface area contributed by atoms with Gasteiger partial charge in [-0.3, -0.25) is 4.79 Å². The zero-order valence-electron chi connectivity index (χ0n) is 14.9. The van der Waals surface area contributed by atoms with E-state index in [-0.39, 0.29) is 35.9 Å². The molecule has 0 aliphatic carbocycles. The first-order valence-corrected chi connectivity index (χ1v) is 9.10. The van der Waals surface area contributed by atoms with Crippen LogP contribution < -0.4 is 10.6 Å². The Balaban J connectivity index is 0.00000288. The second kappa shape index (κ2) is 10.2. The molecular formula is C16H28IN5OS. The highest BCUT2D eigenvalue weighted by Gasteiger charge is 2.25. The number of guanidine groups is 1. The van der Waals surface area contributed by atoms with Crippen LogP contribution in [0.5, 0.6) is 0 Å². The minimum Gasteiger partial charge on any atom is -0.357 e. The number of hydrogen-bond donors (Lipinski definition) is 2. The fourth-order valence-electron chi connectivity index (χ4n) is 2.71. The summed E-state index contributed by atoms with van der Waals surface area (Å²) in [6, 6.07) is 0.271. The Morgan fingerprint density at radius 1 is 1.42 bits per heavy atom. The Labute approximate surface area is 165 Å². The van der Waals surface area contributed by atoms with Crippen molar-refractivity contribution in [2.24, 2.45) is 4.99 Å². The van der Waals surface area contributed by atoms with Gasteiger partial charge in [-0.2, -0.15) is 0 Å². The lowest BCUT2D eigenvalue weighted by Gasteiger charge is -2.18. The molecule has 136 valence electrons. The minimum atomic E-state index is 0. The Bertz CT molecular complexity index is 575. The van der Waals surface area contributed by atoms with Crippen LogP contribution in [-0.2, 0) is 11.3 Å². The third kappa shape index (κ3) is 5.87. The normalized spacial score (nSPS) is 17.6. The predicted octanol–water partition coefficient (Wildman–Crippen LogP) is 2.44. The van der Waals surface area contributed by atoms with E-state index in [4.69, 9.17) is 0 Å². The number of rotatable bonds is 5. The van der Waals surface area contributed by atoms with E-state index < -0.39 is 0 Å². The first-order valence-electron chi connectivity index (χ1n) is 8.29. The Morgan fingerprint density at radius 3 is 2.75 bits per heavy atom. The highest BCUT2D eigenvalue weighted by atomic mass is 127. The first kappa shape index (κ1) is 21.1. The van der Waals surface area contributed by atoms with Gasteiger partial charge in [0, 0.05) is 37.0 Å². The van der Waals surface area contributed by atoms with E-state index >= 15 is 0 Å². The number of carbonyl (C=O) groups excluding carboxylic acids is 1. The maximum Gasteiger partial charge on any atom is 0.222 e. The standard InChI is InChI=1S/C16H27N5OS.HI/c1-5-15(22)21-8-7-13(10-21)20-16(17-6-2)18-9-14-11(3)19-12(4)23-14;/h13H,5-10H2,1-4H3,(H2,17,18,20);1H. The number of amides is 1. The van der Waals surface area contributed by atoms with Crippen molar-refractivity contribution in [3.05, 3.63) is 15.6 Å². The number of hydrogen-bond acceptors (Lipinski definition) is 4. The van der Waals surface area contributed by atoms with Crippen molar-refractivity contribution < 1.29 is 4.79 Å². The van der Waals surface area contributed by atoms with E-state index in [9.17, 15) is 4.79 Å². The van der Waals surface area contributed by atoms with Gasteiger partial charge in [0.15, 0.2) is 5.96 Å². The Hall–Kier alpha value is -0.900. The molecule has 24 heavy (non-hydrogen) atoms. The van der Waals surface area contributed by atoms with Crippen LogP contribution in [0.2, 0.25) is 0 Å². The molecular weight excluding hydrogens is 437 g/mol. The Morgan fingerprint density at radius 2 is 2.17 bits per heavy atom. The average Bonchev–Trinajstić information content (AvgIpc) is 3.10. The molecule has 1 saturated heterocycles. The minimum absolute atomic E-state index is 0.